The zero-order valence-corrected chi connectivity index (χ0v) is 22.5. The maximum atomic E-state index is 13.7. The fourth-order valence-corrected chi connectivity index (χ4v) is 5.94. The van der Waals surface area contributed by atoms with Gasteiger partial charge in [0.25, 0.3) is 10.0 Å². The molecule has 0 saturated heterocycles. The zero-order chi connectivity index (χ0) is 29.3. The van der Waals surface area contributed by atoms with Crippen molar-refractivity contribution in [2.24, 2.45) is 0 Å². The molecule has 210 valence electrons. The van der Waals surface area contributed by atoms with Crippen molar-refractivity contribution in [3.05, 3.63) is 128 Å². The average Bonchev–Trinajstić information content (AvgIpc) is 3.38. The molecule has 0 atom stereocenters. The molecule has 0 spiro atoms. The quantitative estimate of drug-likeness (QED) is 0.188. The van der Waals surface area contributed by atoms with Gasteiger partial charge < -0.3 is 9.47 Å². The SMILES string of the molecule is O=S(=O)(c1ccccc1)n1cc(-c2ccc(OC(F)(F)F)cc2)c2cc(-c3ccccc3Oc3ccccc3)cnc21. The lowest BCUT2D eigenvalue weighted by molar-refractivity contribution is -0.274. The molecule has 0 unspecified atom stereocenters. The van der Waals surface area contributed by atoms with Crippen LogP contribution in [0.4, 0.5) is 13.2 Å². The summed E-state index contributed by atoms with van der Waals surface area (Å²) >= 11 is 0. The number of halogens is 3. The van der Waals surface area contributed by atoms with Gasteiger partial charge in [-0.3, -0.25) is 0 Å². The molecule has 0 radical (unpaired) electrons. The Kier molecular flexibility index (Phi) is 6.91. The third-order valence-corrected chi connectivity index (χ3v) is 8.14. The largest absolute Gasteiger partial charge is 0.573 e. The van der Waals surface area contributed by atoms with Crippen molar-refractivity contribution in [3.63, 3.8) is 0 Å². The van der Waals surface area contributed by atoms with Gasteiger partial charge in [0.1, 0.15) is 17.2 Å². The molecule has 0 aliphatic rings. The minimum absolute atomic E-state index is 0.0647. The fraction of sp³-hybridized carbons (Fsp3) is 0.0312. The number of aromatic nitrogens is 2. The van der Waals surface area contributed by atoms with E-state index < -0.39 is 22.1 Å². The molecule has 0 N–H and O–H groups in total. The minimum atomic E-state index is -4.84. The molecule has 0 fully saturated rings. The van der Waals surface area contributed by atoms with E-state index in [0.29, 0.717) is 39.1 Å². The van der Waals surface area contributed by atoms with Gasteiger partial charge in [0.15, 0.2) is 5.65 Å². The van der Waals surface area contributed by atoms with Gasteiger partial charge in [-0.1, -0.05) is 66.7 Å². The van der Waals surface area contributed by atoms with E-state index in [1.54, 1.807) is 30.5 Å². The lowest BCUT2D eigenvalue weighted by atomic mass is 10.0. The number of nitrogens with zero attached hydrogens (tertiary/aromatic N) is 2. The van der Waals surface area contributed by atoms with Crippen LogP contribution in [-0.4, -0.2) is 23.7 Å². The smallest absolute Gasteiger partial charge is 0.457 e. The van der Waals surface area contributed by atoms with Gasteiger partial charge in [0, 0.05) is 34.5 Å². The molecule has 0 saturated carbocycles. The van der Waals surface area contributed by atoms with Crippen LogP contribution in [0.5, 0.6) is 17.2 Å². The molecular weight excluding hydrogens is 565 g/mol. The normalized spacial score (nSPS) is 11.9. The first-order chi connectivity index (χ1) is 20.2. The Morgan fingerprint density at radius 3 is 2.02 bits per heavy atom. The first-order valence-corrected chi connectivity index (χ1v) is 14.1. The summed E-state index contributed by atoms with van der Waals surface area (Å²) in [6.45, 7) is 0. The molecule has 0 aliphatic carbocycles. The van der Waals surface area contributed by atoms with Gasteiger partial charge in [0.05, 0.1) is 4.90 Å². The topological polar surface area (TPSA) is 70.4 Å². The Bertz CT molecular complexity index is 1970. The Balaban J connectivity index is 1.51. The summed E-state index contributed by atoms with van der Waals surface area (Å²) in [5.74, 6) is 0.815. The van der Waals surface area contributed by atoms with E-state index in [4.69, 9.17) is 4.74 Å². The van der Waals surface area contributed by atoms with Crippen molar-refractivity contribution >= 4 is 21.1 Å². The second-order valence-corrected chi connectivity index (χ2v) is 11.1. The summed E-state index contributed by atoms with van der Waals surface area (Å²) in [4.78, 5) is 4.63. The highest BCUT2D eigenvalue weighted by molar-refractivity contribution is 7.90. The second kappa shape index (κ2) is 10.7. The van der Waals surface area contributed by atoms with Crippen LogP contribution in [0.25, 0.3) is 33.3 Å². The van der Waals surface area contributed by atoms with Gasteiger partial charge in [0.2, 0.25) is 0 Å². The molecule has 2 aromatic heterocycles. The van der Waals surface area contributed by atoms with E-state index in [2.05, 4.69) is 9.72 Å². The Hall–Kier alpha value is -5.09. The summed E-state index contributed by atoms with van der Waals surface area (Å²) < 4.78 is 76.8. The van der Waals surface area contributed by atoms with Crippen molar-refractivity contribution in [1.29, 1.82) is 0 Å². The molecular formula is C32H21F3N2O4S. The summed E-state index contributed by atoms with van der Waals surface area (Å²) in [5.41, 5.74) is 2.47. The van der Waals surface area contributed by atoms with E-state index >= 15 is 0 Å². The highest BCUT2D eigenvalue weighted by atomic mass is 32.2. The molecule has 2 heterocycles. The monoisotopic (exact) mass is 586 g/mol. The van der Waals surface area contributed by atoms with Crippen molar-refractivity contribution in [2.75, 3.05) is 0 Å². The van der Waals surface area contributed by atoms with Crippen LogP contribution in [0.2, 0.25) is 0 Å². The standard InChI is InChI=1S/C32H21F3N2O4S/c33-32(34,35)41-25-17-15-22(16-18-25)29-21-37(42(38,39)26-11-5-2-6-12-26)31-28(29)19-23(20-36-31)27-13-7-8-14-30(27)40-24-9-3-1-4-10-24/h1-21H. The maximum Gasteiger partial charge on any atom is 0.573 e. The van der Waals surface area contributed by atoms with Gasteiger partial charge in [-0.2, -0.15) is 0 Å². The first-order valence-electron chi connectivity index (χ1n) is 12.7. The van der Waals surface area contributed by atoms with Crippen LogP contribution in [0.1, 0.15) is 0 Å². The van der Waals surface area contributed by atoms with Crippen molar-refractivity contribution < 1.29 is 31.1 Å². The van der Waals surface area contributed by atoms with E-state index in [0.717, 1.165) is 3.97 Å². The van der Waals surface area contributed by atoms with Gasteiger partial charge in [-0.25, -0.2) is 17.4 Å². The number of alkyl halides is 3. The van der Waals surface area contributed by atoms with E-state index in [9.17, 15) is 21.6 Å². The van der Waals surface area contributed by atoms with Crippen molar-refractivity contribution in [1.82, 2.24) is 8.96 Å². The lowest BCUT2D eigenvalue weighted by Crippen LogP contribution is -2.16. The Labute approximate surface area is 239 Å². The van der Waals surface area contributed by atoms with Crippen molar-refractivity contribution in [3.8, 4) is 39.5 Å². The van der Waals surface area contributed by atoms with Crippen LogP contribution in [-0.2, 0) is 10.0 Å². The number of hydrogen-bond donors (Lipinski definition) is 0. The molecule has 4 aromatic carbocycles. The van der Waals surface area contributed by atoms with E-state index in [-0.39, 0.29) is 10.5 Å². The van der Waals surface area contributed by atoms with E-state index in [1.807, 2.05) is 54.6 Å². The number of pyridine rings is 1. The number of para-hydroxylation sites is 2. The molecule has 0 bridgehead atoms. The molecule has 10 heteroatoms. The molecule has 42 heavy (non-hydrogen) atoms. The number of fused-ring (bicyclic) bond motifs is 1. The third-order valence-electron chi connectivity index (χ3n) is 6.48. The predicted octanol–water partition coefficient (Wildman–Crippen LogP) is 8.30. The molecule has 6 aromatic rings. The number of ether oxygens (including phenoxy) is 2. The molecule has 0 aliphatic heterocycles. The Morgan fingerprint density at radius 1 is 0.690 bits per heavy atom. The zero-order valence-electron chi connectivity index (χ0n) is 21.7. The van der Waals surface area contributed by atoms with E-state index in [1.165, 1.54) is 42.6 Å². The van der Waals surface area contributed by atoms with Crippen LogP contribution in [0.3, 0.4) is 0 Å². The molecule has 0 amide bonds. The Morgan fingerprint density at radius 2 is 1.33 bits per heavy atom. The van der Waals surface area contributed by atoms with Crippen LogP contribution in [0, 0.1) is 0 Å². The third kappa shape index (κ3) is 5.44. The minimum Gasteiger partial charge on any atom is -0.457 e. The van der Waals surface area contributed by atoms with Crippen LogP contribution >= 0.6 is 0 Å². The summed E-state index contributed by atoms with van der Waals surface area (Å²) in [6, 6.07) is 31.6. The fourth-order valence-electron chi connectivity index (χ4n) is 4.59. The number of benzene rings is 4. The first kappa shape index (κ1) is 27.1. The highest BCUT2D eigenvalue weighted by Crippen LogP contribution is 2.38. The number of rotatable bonds is 7. The molecule has 6 nitrogen and oxygen atoms in total. The number of hydrogen-bond acceptors (Lipinski definition) is 5. The predicted molar refractivity (Wildman–Crippen MR) is 153 cm³/mol. The molecule has 6 rings (SSSR count). The summed E-state index contributed by atoms with van der Waals surface area (Å²) in [6.07, 6.45) is -1.85. The van der Waals surface area contributed by atoms with Crippen LogP contribution < -0.4 is 9.47 Å². The second-order valence-electron chi connectivity index (χ2n) is 9.24. The highest BCUT2D eigenvalue weighted by Gasteiger charge is 2.31. The van der Waals surface area contributed by atoms with Gasteiger partial charge >= 0.3 is 6.36 Å². The lowest BCUT2D eigenvalue weighted by Gasteiger charge is -2.12. The maximum absolute atomic E-state index is 13.7. The van der Waals surface area contributed by atoms with Gasteiger partial charge in [-0.15, -0.1) is 13.2 Å². The van der Waals surface area contributed by atoms with Crippen LogP contribution in [0.15, 0.2) is 133 Å². The van der Waals surface area contributed by atoms with Crippen molar-refractivity contribution in [2.45, 2.75) is 11.3 Å². The van der Waals surface area contributed by atoms with Gasteiger partial charge in [-0.05, 0) is 54.1 Å². The summed E-state index contributed by atoms with van der Waals surface area (Å²) in [5, 5.41) is 0.478. The average molecular weight is 587 g/mol. The summed E-state index contributed by atoms with van der Waals surface area (Å²) in [7, 11) is -4.06.